The van der Waals surface area contributed by atoms with Gasteiger partial charge in [0.25, 0.3) is 0 Å². The Hall–Kier alpha value is -0.580. The van der Waals surface area contributed by atoms with Crippen molar-refractivity contribution >= 4 is 15.9 Å². The largest absolute Gasteiger partial charge is 0.274 e. The molecule has 0 radical (unpaired) electrons. The second-order valence-electron chi connectivity index (χ2n) is 1.93. The van der Waals surface area contributed by atoms with Gasteiger partial charge < -0.3 is 0 Å². The van der Waals surface area contributed by atoms with Gasteiger partial charge in [0.2, 0.25) is 15.9 Å². The van der Waals surface area contributed by atoms with Crippen LogP contribution < -0.4 is 0 Å². The Balaban J connectivity index is 3.00. The summed E-state index contributed by atoms with van der Waals surface area (Å²) in [4.78, 5) is 10.5. The van der Waals surface area contributed by atoms with E-state index in [4.69, 9.17) is 0 Å². The molecule has 1 aliphatic rings. The van der Waals surface area contributed by atoms with Gasteiger partial charge in [0.1, 0.15) is 0 Å². The maximum absolute atomic E-state index is 10.7. The number of hydrogen-bond donors (Lipinski definition) is 0. The van der Waals surface area contributed by atoms with Crippen molar-refractivity contribution in [3.63, 3.8) is 0 Å². The van der Waals surface area contributed by atoms with Crippen molar-refractivity contribution in [2.75, 3.05) is 12.8 Å². The maximum Gasteiger partial charge on any atom is 0.237 e. The molecule has 0 saturated carbocycles. The zero-order chi connectivity index (χ0) is 7.07. The van der Waals surface area contributed by atoms with Crippen LogP contribution in [0.1, 0.15) is 6.42 Å². The molecule has 0 atom stereocenters. The van der Waals surface area contributed by atoms with E-state index in [-0.39, 0.29) is 18.1 Å². The van der Waals surface area contributed by atoms with Gasteiger partial charge in [0, 0.05) is 13.5 Å². The van der Waals surface area contributed by atoms with Gasteiger partial charge in [-0.3, -0.25) is 4.79 Å². The van der Waals surface area contributed by atoms with Crippen molar-refractivity contribution in [3.8, 4) is 0 Å². The molecule has 1 saturated heterocycles. The lowest BCUT2D eigenvalue weighted by molar-refractivity contribution is -0.124. The van der Waals surface area contributed by atoms with Gasteiger partial charge in [-0.15, -0.1) is 0 Å². The molecule has 0 unspecified atom stereocenters. The summed E-state index contributed by atoms with van der Waals surface area (Å²) < 4.78 is 22.2. The second kappa shape index (κ2) is 1.70. The molecule has 0 aromatic heterocycles. The molecule has 1 rings (SSSR count). The number of rotatable bonds is 0. The first-order valence-corrected chi connectivity index (χ1v) is 4.14. The molecule has 1 aliphatic heterocycles. The van der Waals surface area contributed by atoms with E-state index < -0.39 is 10.0 Å². The van der Waals surface area contributed by atoms with Crippen LogP contribution >= 0.6 is 0 Å². The molecule has 1 amide bonds. The van der Waals surface area contributed by atoms with Crippen LogP contribution in [0.15, 0.2) is 0 Å². The third-order valence-corrected chi connectivity index (χ3v) is 3.10. The molecule has 0 aromatic carbocycles. The van der Waals surface area contributed by atoms with Gasteiger partial charge in [-0.2, -0.15) is 0 Å². The minimum atomic E-state index is -3.19. The van der Waals surface area contributed by atoms with E-state index in [0.717, 1.165) is 4.31 Å². The molecule has 0 aliphatic carbocycles. The zero-order valence-electron chi connectivity index (χ0n) is 4.99. The first kappa shape index (κ1) is 6.54. The molecule has 4 nitrogen and oxygen atoms in total. The van der Waals surface area contributed by atoms with Gasteiger partial charge in [0.15, 0.2) is 0 Å². The first-order valence-electron chi connectivity index (χ1n) is 2.53. The number of sulfonamides is 1. The predicted octanol–water partition coefficient (Wildman–Crippen LogP) is -0.822. The Bertz CT molecular complexity index is 230. The zero-order valence-corrected chi connectivity index (χ0v) is 5.81. The van der Waals surface area contributed by atoms with Gasteiger partial charge >= 0.3 is 0 Å². The standard InChI is InChI=1S/C4H7NO3S/c1-5-4(6)2-3-9(5,7)8/h2-3H2,1H3. The van der Waals surface area contributed by atoms with Crippen molar-refractivity contribution in [1.29, 1.82) is 0 Å². The van der Waals surface area contributed by atoms with Crippen molar-refractivity contribution in [1.82, 2.24) is 4.31 Å². The summed E-state index contributed by atoms with van der Waals surface area (Å²) in [6.07, 6.45) is 0.138. The van der Waals surface area contributed by atoms with Crippen molar-refractivity contribution in [3.05, 3.63) is 0 Å². The summed E-state index contributed by atoms with van der Waals surface area (Å²) in [5.41, 5.74) is 0. The quantitative estimate of drug-likeness (QED) is 0.452. The molecule has 0 N–H and O–H groups in total. The number of amides is 1. The van der Waals surface area contributed by atoms with Crippen LogP contribution in [0, 0.1) is 0 Å². The van der Waals surface area contributed by atoms with Crippen molar-refractivity contribution in [2.24, 2.45) is 0 Å². The third kappa shape index (κ3) is 0.917. The van der Waals surface area contributed by atoms with Gasteiger partial charge in [-0.25, -0.2) is 12.7 Å². The number of nitrogens with zero attached hydrogens (tertiary/aromatic N) is 1. The van der Waals surface area contributed by atoms with Crippen molar-refractivity contribution < 1.29 is 13.2 Å². The lowest BCUT2D eigenvalue weighted by atomic mass is 10.5. The molecule has 0 aromatic rings. The summed E-state index contributed by atoms with van der Waals surface area (Å²) in [5, 5.41) is 0. The Labute approximate surface area is 53.5 Å². The number of hydrogen-bond acceptors (Lipinski definition) is 3. The van der Waals surface area contributed by atoms with Crippen LogP contribution in [0.2, 0.25) is 0 Å². The summed E-state index contributed by atoms with van der Waals surface area (Å²) in [6, 6.07) is 0. The topological polar surface area (TPSA) is 54.5 Å². The smallest absolute Gasteiger partial charge is 0.237 e. The molecule has 1 fully saturated rings. The van der Waals surface area contributed by atoms with Crippen LogP contribution in [-0.2, 0) is 14.8 Å². The Morgan fingerprint density at radius 1 is 1.56 bits per heavy atom. The van der Waals surface area contributed by atoms with Crippen LogP contribution in [-0.4, -0.2) is 31.4 Å². The highest BCUT2D eigenvalue weighted by molar-refractivity contribution is 7.90. The van der Waals surface area contributed by atoms with Crippen LogP contribution in [0.25, 0.3) is 0 Å². The second-order valence-corrected chi connectivity index (χ2v) is 4.05. The fraction of sp³-hybridized carbons (Fsp3) is 0.750. The average molecular weight is 149 g/mol. The molecular formula is C4H7NO3S. The molecule has 1 heterocycles. The number of carbonyl (C=O) groups is 1. The van der Waals surface area contributed by atoms with Crippen LogP contribution in [0.5, 0.6) is 0 Å². The minimum Gasteiger partial charge on any atom is -0.274 e. The van der Waals surface area contributed by atoms with E-state index in [0.29, 0.717) is 0 Å². The highest BCUT2D eigenvalue weighted by Gasteiger charge is 2.30. The summed E-state index contributed by atoms with van der Waals surface area (Å²) in [5.74, 6) is -0.336. The molecule has 0 bridgehead atoms. The monoisotopic (exact) mass is 149 g/mol. The van der Waals surface area contributed by atoms with Crippen molar-refractivity contribution in [2.45, 2.75) is 6.42 Å². The van der Waals surface area contributed by atoms with E-state index in [1.54, 1.807) is 0 Å². The molecule has 52 valence electrons. The highest BCUT2D eigenvalue weighted by atomic mass is 32.2. The summed E-state index contributed by atoms with van der Waals surface area (Å²) in [6.45, 7) is 0. The molecular weight excluding hydrogens is 142 g/mol. The van der Waals surface area contributed by atoms with E-state index >= 15 is 0 Å². The molecule has 9 heavy (non-hydrogen) atoms. The predicted molar refractivity (Wildman–Crippen MR) is 31.2 cm³/mol. The van der Waals surface area contributed by atoms with Crippen LogP contribution in [0.3, 0.4) is 0 Å². The van der Waals surface area contributed by atoms with Crippen LogP contribution in [0.4, 0.5) is 0 Å². The first-order chi connectivity index (χ1) is 4.04. The summed E-state index contributed by atoms with van der Waals surface area (Å²) in [7, 11) is -1.91. The Morgan fingerprint density at radius 2 is 2.11 bits per heavy atom. The minimum absolute atomic E-state index is 0.0255. The van der Waals surface area contributed by atoms with Gasteiger partial charge in [0.05, 0.1) is 5.75 Å². The normalized spacial score (nSPS) is 25.0. The summed E-state index contributed by atoms with van der Waals surface area (Å²) >= 11 is 0. The average Bonchev–Trinajstić information content (AvgIpc) is 1.97. The Kier molecular flexibility index (Phi) is 1.23. The maximum atomic E-state index is 10.7. The van der Waals surface area contributed by atoms with E-state index in [2.05, 4.69) is 0 Å². The Morgan fingerprint density at radius 3 is 2.22 bits per heavy atom. The SMILES string of the molecule is CN1C(=O)CCS1(=O)=O. The van der Waals surface area contributed by atoms with E-state index in [9.17, 15) is 13.2 Å². The molecule has 0 spiro atoms. The fourth-order valence-electron chi connectivity index (χ4n) is 0.666. The van der Waals surface area contributed by atoms with E-state index in [1.807, 2.05) is 0 Å². The lowest BCUT2D eigenvalue weighted by Crippen LogP contribution is -2.24. The highest BCUT2D eigenvalue weighted by Crippen LogP contribution is 2.10. The lowest BCUT2D eigenvalue weighted by Gasteiger charge is -2.04. The van der Waals surface area contributed by atoms with Gasteiger partial charge in [-0.1, -0.05) is 0 Å². The fourth-order valence-corrected chi connectivity index (χ4v) is 1.77. The third-order valence-electron chi connectivity index (χ3n) is 1.34. The van der Waals surface area contributed by atoms with Gasteiger partial charge in [-0.05, 0) is 0 Å². The number of carbonyl (C=O) groups excluding carboxylic acids is 1. The molecule has 5 heteroatoms. The van der Waals surface area contributed by atoms with E-state index in [1.165, 1.54) is 7.05 Å².